The number of nitrogens with zero attached hydrogens (tertiary/aromatic N) is 3. The lowest BCUT2D eigenvalue weighted by Crippen LogP contribution is -2.43. The minimum Gasteiger partial charge on any atom is -0.394 e. The number of ether oxygens (including phenoxy) is 1. The second-order valence-corrected chi connectivity index (χ2v) is 4.50. The molecule has 0 aliphatic carbocycles. The van der Waals surface area contributed by atoms with Crippen LogP contribution in [0, 0.1) is 6.92 Å². The van der Waals surface area contributed by atoms with Crippen LogP contribution in [0.3, 0.4) is 0 Å². The Morgan fingerprint density at radius 3 is 3.12 bits per heavy atom. The van der Waals surface area contributed by atoms with Gasteiger partial charge in [-0.2, -0.15) is 5.10 Å². The largest absolute Gasteiger partial charge is 0.394 e. The van der Waals surface area contributed by atoms with Gasteiger partial charge in [0.05, 0.1) is 30.7 Å². The highest BCUT2D eigenvalue weighted by molar-refractivity contribution is 5.09. The SMILES string of the molecule is CCn1nc(C)cc1CN1CCOC(CO)C1. The molecule has 1 aliphatic heterocycles. The average molecular weight is 239 g/mol. The van der Waals surface area contributed by atoms with Gasteiger partial charge in [-0.15, -0.1) is 0 Å². The van der Waals surface area contributed by atoms with Crippen LogP contribution in [0.5, 0.6) is 0 Å². The summed E-state index contributed by atoms with van der Waals surface area (Å²) in [5.41, 5.74) is 2.30. The van der Waals surface area contributed by atoms with E-state index in [0.29, 0.717) is 6.61 Å². The number of hydrogen-bond acceptors (Lipinski definition) is 4. The summed E-state index contributed by atoms with van der Waals surface area (Å²) in [5.74, 6) is 0. The molecule has 96 valence electrons. The minimum absolute atomic E-state index is 0.0390. The van der Waals surface area contributed by atoms with Crippen molar-refractivity contribution in [2.45, 2.75) is 33.0 Å². The molecule has 5 nitrogen and oxygen atoms in total. The Bertz CT molecular complexity index is 365. The molecule has 0 saturated carbocycles. The number of morpholine rings is 1. The predicted octanol–water partition coefficient (Wildman–Crippen LogP) is 0.405. The summed E-state index contributed by atoms with van der Waals surface area (Å²) in [5, 5.41) is 13.6. The Kier molecular flexibility index (Phi) is 4.15. The first-order chi connectivity index (χ1) is 8.22. The number of aliphatic hydroxyl groups is 1. The molecule has 0 bridgehead atoms. The molecule has 0 radical (unpaired) electrons. The first-order valence-corrected chi connectivity index (χ1v) is 6.21. The highest BCUT2D eigenvalue weighted by Gasteiger charge is 2.20. The summed E-state index contributed by atoms with van der Waals surface area (Å²) in [6, 6.07) is 2.13. The molecule has 2 heterocycles. The maximum Gasteiger partial charge on any atom is 0.0933 e. The first kappa shape index (κ1) is 12.5. The molecule has 0 amide bonds. The molecule has 5 heteroatoms. The van der Waals surface area contributed by atoms with E-state index in [1.54, 1.807) is 0 Å². The van der Waals surface area contributed by atoms with E-state index in [-0.39, 0.29) is 12.7 Å². The monoisotopic (exact) mass is 239 g/mol. The quantitative estimate of drug-likeness (QED) is 0.826. The van der Waals surface area contributed by atoms with E-state index in [4.69, 9.17) is 9.84 Å². The highest BCUT2D eigenvalue weighted by Crippen LogP contribution is 2.11. The summed E-state index contributed by atoms with van der Waals surface area (Å²) < 4.78 is 7.48. The highest BCUT2D eigenvalue weighted by atomic mass is 16.5. The molecule has 1 fully saturated rings. The minimum atomic E-state index is -0.0390. The van der Waals surface area contributed by atoms with Crippen molar-refractivity contribution in [3.63, 3.8) is 0 Å². The zero-order valence-electron chi connectivity index (χ0n) is 10.6. The van der Waals surface area contributed by atoms with Crippen molar-refractivity contribution in [1.29, 1.82) is 0 Å². The number of aliphatic hydroxyl groups excluding tert-OH is 1. The van der Waals surface area contributed by atoms with Crippen molar-refractivity contribution in [2.75, 3.05) is 26.3 Å². The van der Waals surface area contributed by atoms with E-state index in [2.05, 4.69) is 23.0 Å². The molecule has 1 aromatic heterocycles. The van der Waals surface area contributed by atoms with Gasteiger partial charge in [-0.25, -0.2) is 0 Å². The predicted molar refractivity (Wildman–Crippen MR) is 64.7 cm³/mol. The van der Waals surface area contributed by atoms with Gasteiger partial charge in [-0.1, -0.05) is 0 Å². The van der Waals surface area contributed by atoms with Crippen LogP contribution < -0.4 is 0 Å². The summed E-state index contributed by atoms with van der Waals surface area (Å²) in [6.45, 7) is 8.42. The summed E-state index contributed by atoms with van der Waals surface area (Å²) in [7, 11) is 0. The van der Waals surface area contributed by atoms with Gasteiger partial charge in [0.2, 0.25) is 0 Å². The molecule has 0 aromatic carbocycles. The van der Waals surface area contributed by atoms with Crippen LogP contribution in [-0.2, 0) is 17.8 Å². The van der Waals surface area contributed by atoms with Crippen LogP contribution in [0.1, 0.15) is 18.3 Å². The second-order valence-electron chi connectivity index (χ2n) is 4.50. The van der Waals surface area contributed by atoms with Crippen molar-refractivity contribution in [3.8, 4) is 0 Å². The van der Waals surface area contributed by atoms with Gasteiger partial charge in [-0.05, 0) is 19.9 Å². The van der Waals surface area contributed by atoms with Gasteiger partial charge in [0.25, 0.3) is 0 Å². The first-order valence-electron chi connectivity index (χ1n) is 6.21. The van der Waals surface area contributed by atoms with Crippen molar-refractivity contribution < 1.29 is 9.84 Å². The molecule has 1 aliphatic rings. The molecule has 0 spiro atoms. The fourth-order valence-corrected chi connectivity index (χ4v) is 2.26. The number of hydrogen-bond donors (Lipinski definition) is 1. The molecule has 2 rings (SSSR count). The van der Waals surface area contributed by atoms with Crippen LogP contribution in [0.25, 0.3) is 0 Å². The summed E-state index contributed by atoms with van der Waals surface area (Å²) in [4.78, 5) is 2.31. The average Bonchev–Trinajstić information content (AvgIpc) is 2.69. The fourth-order valence-electron chi connectivity index (χ4n) is 2.26. The number of aryl methyl sites for hydroxylation is 2. The maximum atomic E-state index is 9.11. The lowest BCUT2D eigenvalue weighted by Gasteiger charge is -2.31. The third-order valence-electron chi connectivity index (χ3n) is 3.10. The van der Waals surface area contributed by atoms with E-state index in [9.17, 15) is 0 Å². The van der Waals surface area contributed by atoms with E-state index in [0.717, 1.165) is 31.9 Å². The normalized spacial score (nSPS) is 21.9. The van der Waals surface area contributed by atoms with Crippen LogP contribution in [0.4, 0.5) is 0 Å². The van der Waals surface area contributed by atoms with E-state index in [1.165, 1.54) is 5.69 Å². The zero-order chi connectivity index (χ0) is 12.3. The Balaban J connectivity index is 1.99. The number of rotatable bonds is 4. The zero-order valence-corrected chi connectivity index (χ0v) is 10.6. The lowest BCUT2D eigenvalue weighted by atomic mass is 10.2. The lowest BCUT2D eigenvalue weighted by molar-refractivity contribution is -0.0556. The van der Waals surface area contributed by atoms with Gasteiger partial charge >= 0.3 is 0 Å². The summed E-state index contributed by atoms with van der Waals surface area (Å²) >= 11 is 0. The Morgan fingerprint density at radius 2 is 2.41 bits per heavy atom. The third kappa shape index (κ3) is 3.06. The molecular weight excluding hydrogens is 218 g/mol. The Morgan fingerprint density at radius 1 is 1.59 bits per heavy atom. The van der Waals surface area contributed by atoms with Crippen molar-refractivity contribution in [3.05, 3.63) is 17.5 Å². The van der Waals surface area contributed by atoms with Gasteiger partial charge in [0, 0.05) is 26.2 Å². The fraction of sp³-hybridized carbons (Fsp3) is 0.750. The second kappa shape index (κ2) is 5.62. The standard InChI is InChI=1S/C12H21N3O2/c1-3-15-11(6-10(2)13-15)7-14-4-5-17-12(8-14)9-16/h6,12,16H,3-5,7-9H2,1-2H3. The van der Waals surface area contributed by atoms with Gasteiger partial charge in [-0.3, -0.25) is 9.58 Å². The van der Waals surface area contributed by atoms with Gasteiger partial charge in [0.15, 0.2) is 0 Å². The van der Waals surface area contributed by atoms with Crippen molar-refractivity contribution in [1.82, 2.24) is 14.7 Å². The summed E-state index contributed by atoms with van der Waals surface area (Å²) in [6.07, 6.45) is -0.0390. The van der Waals surface area contributed by atoms with E-state index >= 15 is 0 Å². The molecule has 1 aromatic rings. The van der Waals surface area contributed by atoms with Crippen molar-refractivity contribution >= 4 is 0 Å². The Labute approximate surface area is 102 Å². The van der Waals surface area contributed by atoms with E-state index in [1.807, 2.05) is 11.6 Å². The maximum absolute atomic E-state index is 9.11. The number of aromatic nitrogens is 2. The van der Waals surface area contributed by atoms with E-state index < -0.39 is 0 Å². The molecule has 1 N–H and O–H groups in total. The third-order valence-corrected chi connectivity index (χ3v) is 3.10. The van der Waals surface area contributed by atoms with Crippen LogP contribution in [-0.4, -0.2) is 52.2 Å². The molecule has 1 atom stereocenters. The topological polar surface area (TPSA) is 50.5 Å². The molecule has 1 saturated heterocycles. The van der Waals surface area contributed by atoms with Gasteiger partial charge < -0.3 is 9.84 Å². The Hall–Kier alpha value is -0.910. The van der Waals surface area contributed by atoms with Crippen LogP contribution in [0.15, 0.2) is 6.07 Å². The van der Waals surface area contributed by atoms with Crippen LogP contribution >= 0.6 is 0 Å². The van der Waals surface area contributed by atoms with Crippen molar-refractivity contribution in [2.24, 2.45) is 0 Å². The molecule has 17 heavy (non-hydrogen) atoms. The smallest absolute Gasteiger partial charge is 0.0933 e. The molecular formula is C12H21N3O2. The van der Waals surface area contributed by atoms with Gasteiger partial charge in [0.1, 0.15) is 0 Å². The van der Waals surface area contributed by atoms with Crippen LogP contribution in [0.2, 0.25) is 0 Å². The molecule has 1 unspecified atom stereocenters.